The lowest BCUT2D eigenvalue weighted by atomic mass is 10.00. The van der Waals surface area contributed by atoms with Crippen molar-refractivity contribution in [2.75, 3.05) is 6.61 Å². The number of carboxylic acids is 1. The Morgan fingerprint density at radius 1 is 1.53 bits per heavy atom. The van der Waals surface area contributed by atoms with Crippen LogP contribution in [0.4, 0.5) is 0 Å². The summed E-state index contributed by atoms with van der Waals surface area (Å²) >= 11 is 0. The molecule has 0 radical (unpaired) electrons. The number of rotatable bonds is 3. The zero-order valence-corrected chi connectivity index (χ0v) is 7.65. The fraction of sp³-hybridized carbons (Fsp3) is 0.625. The Bertz CT molecular complexity index is 274. The number of aliphatic carboxylic acids is 1. The molecule has 0 amide bonds. The van der Waals surface area contributed by atoms with Crippen molar-refractivity contribution in [3.8, 4) is 0 Å². The highest BCUT2D eigenvalue weighted by atomic mass is 16.5. The molecule has 0 saturated heterocycles. The van der Waals surface area contributed by atoms with Crippen molar-refractivity contribution in [2.45, 2.75) is 24.4 Å². The van der Waals surface area contributed by atoms with E-state index >= 15 is 0 Å². The molecule has 0 aromatic rings. The molecule has 0 aliphatic carbocycles. The van der Waals surface area contributed by atoms with Gasteiger partial charge >= 0.3 is 5.97 Å². The Morgan fingerprint density at radius 3 is 2.60 bits per heavy atom. The van der Waals surface area contributed by atoms with Gasteiger partial charge in [-0.2, -0.15) is 0 Å². The molecule has 86 valence electrons. The minimum atomic E-state index is -1.48. The Balaban J connectivity index is 2.85. The van der Waals surface area contributed by atoms with Gasteiger partial charge in [0.2, 0.25) is 5.76 Å². The Labute approximate surface area is 84.8 Å². The van der Waals surface area contributed by atoms with Crippen LogP contribution >= 0.6 is 0 Å². The molecule has 0 spiro atoms. The fourth-order valence-electron chi connectivity index (χ4n) is 1.24. The van der Waals surface area contributed by atoms with E-state index < -0.39 is 42.8 Å². The van der Waals surface area contributed by atoms with E-state index in [0.717, 1.165) is 6.08 Å². The smallest absolute Gasteiger partial charge is 0.370 e. The van der Waals surface area contributed by atoms with Gasteiger partial charge in [0.1, 0.15) is 18.3 Å². The molecule has 0 saturated carbocycles. The monoisotopic (exact) mass is 220 g/mol. The first-order chi connectivity index (χ1) is 6.97. The Hall–Kier alpha value is -1.15. The average molecular weight is 220 g/mol. The van der Waals surface area contributed by atoms with Crippen LogP contribution in [0, 0.1) is 0 Å². The third kappa shape index (κ3) is 2.45. The summed E-state index contributed by atoms with van der Waals surface area (Å²) in [6, 6.07) is 0. The molecule has 7 heteroatoms. The molecule has 7 nitrogen and oxygen atoms in total. The number of hydrogen-bond donors (Lipinski definition) is 5. The summed E-state index contributed by atoms with van der Waals surface area (Å²) < 4.78 is 4.72. The summed E-state index contributed by atoms with van der Waals surface area (Å²) in [4.78, 5) is 10.5. The SMILES string of the molecule is O=C(O)C1=CC(O)C(O)C(C(O)CO)O1. The highest BCUT2D eigenvalue weighted by Crippen LogP contribution is 2.20. The van der Waals surface area contributed by atoms with E-state index in [2.05, 4.69) is 0 Å². The first-order valence-corrected chi connectivity index (χ1v) is 4.24. The number of ether oxygens (including phenoxy) is 1. The number of carboxylic acid groups (broad SMARTS) is 1. The van der Waals surface area contributed by atoms with E-state index in [9.17, 15) is 20.1 Å². The Morgan fingerprint density at radius 2 is 2.13 bits per heavy atom. The molecule has 0 fully saturated rings. The molecule has 4 unspecified atom stereocenters. The highest BCUT2D eigenvalue weighted by Gasteiger charge is 2.38. The largest absolute Gasteiger partial charge is 0.478 e. The molecule has 15 heavy (non-hydrogen) atoms. The second-order valence-electron chi connectivity index (χ2n) is 3.15. The first kappa shape index (κ1) is 11.9. The van der Waals surface area contributed by atoms with Crippen LogP contribution in [0.25, 0.3) is 0 Å². The van der Waals surface area contributed by atoms with Crippen LogP contribution in [0.15, 0.2) is 11.8 Å². The second kappa shape index (κ2) is 4.58. The minimum absolute atomic E-state index is 0.565. The molecule has 0 aromatic heterocycles. The van der Waals surface area contributed by atoms with Crippen LogP contribution in [0.3, 0.4) is 0 Å². The summed E-state index contributed by atoms with van der Waals surface area (Å²) in [5.74, 6) is -1.98. The minimum Gasteiger partial charge on any atom is -0.478 e. The predicted octanol–water partition coefficient (Wildman–Crippen LogP) is -2.57. The van der Waals surface area contributed by atoms with Gasteiger partial charge in [-0.3, -0.25) is 0 Å². The zero-order valence-electron chi connectivity index (χ0n) is 7.65. The Kier molecular flexibility index (Phi) is 3.64. The van der Waals surface area contributed by atoms with Crippen molar-refractivity contribution in [3.63, 3.8) is 0 Å². The third-order valence-electron chi connectivity index (χ3n) is 2.05. The maximum Gasteiger partial charge on any atom is 0.370 e. The summed E-state index contributed by atoms with van der Waals surface area (Å²) in [6.07, 6.45) is -4.92. The van der Waals surface area contributed by atoms with Crippen LogP contribution in [0.2, 0.25) is 0 Å². The van der Waals surface area contributed by atoms with E-state index in [-0.39, 0.29) is 0 Å². The van der Waals surface area contributed by atoms with E-state index in [1.807, 2.05) is 0 Å². The predicted molar refractivity (Wildman–Crippen MR) is 45.7 cm³/mol. The third-order valence-corrected chi connectivity index (χ3v) is 2.05. The maximum absolute atomic E-state index is 10.5. The standard InChI is InChI=1S/C8H12O7/c9-2-4(11)7-6(12)3(10)1-5(15-7)8(13)14/h1,3-4,6-7,9-12H,2H2,(H,13,14). The molecule has 1 aliphatic heterocycles. The molecule has 1 aliphatic rings. The molecule has 0 bridgehead atoms. The second-order valence-corrected chi connectivity index (χ2v) is 3.15. The lowest BCUT2D eigenvalue weighted by molar-refractivity contribution is -0.154. The van der Waals surface area contributed by atoms with Crippen molar-refractivity contribution in [3.05, 3.63) is 11.8 Å². The van der Waals surface area contributed by atoms with Crippen LogP contribution in [0.5, 0.6) is 0 Å². The molecule has 0 aromatic carbocycles. The van der Waals surface area contributed by atoms with Gasteiger partial charge in [0.25, 0.3) is 0 Å². The van der Waals surface area contributed by atoms with E-state index in [1.165, 1.54) is 0 Å². The maximum atomic E-state index is 10.5. The normalized spacial score (nSPS) is 32.8. The number of hydrogen-bond acceptors (Lipinski definition) is 6. The molecule has 4 atom stereocenters. The van der Waals surface area contributed by atoms with Crippen molar-refractivity contribution in [1.82, 2.24) is 0 Å². The summed E-state index contributed by atoms with van der Waals surface area (Å²) in [6.45, 7) is -0.707. The van der Waals surface area contributed by atoms with E-state index in [0.29, 0.717) is 0 Å². The lowest BCUT2D eigenvalue weighted by Crippen LogP contribution is -2.50. The van der Waals surface area contributed by atoms with Gasteiger partial charge in [-0.15, -0.1) is 0 Å². The van der Waals surface area contributed by atoms with Crippen molar-refractivity contribution >= 4 is 5.97 Å². The summed E-state index contributed by atoms with van der Waals surface area (Å²) in [5, 5.41) is 45.0. The fourth-order valence-corrected chi connectivity index (χ4v) is 1.24. The quantitative estimate of drug-likeness (QED) is 0.353. The number of carbonyl (C=O) groups is 1. The van der Waals surface area contributed by atoms with Gasteiger partial charge in [0, 0.05) is 0 Å². The van der Waals surface area contributed by atoms with Crippen LogP contribution in [0.1, 0.15) is 0 Å². The van der Waals surface area contributed by atoms with Crippen molar-refractivity contribution < 1.29 is 35.1 Å². The molecule has 5 N–H and O–H groups in total. The first-order valence-electron chi connectivity index (χ1n) is 4.24. The van der Waals surface area contributed by atoms with E-state index in [1.54, 1.807) is 0 Å². The van der Waals surface area contributed by atoms with Crippen molar-refractivity contribution in [1.29, 1.82) is 0 Å². The molecular formula is C8H12O7. The summed E-state index contributed by atoms with van der Waals surface area (Å²) in [7, 11) is 0. The van der Waals surface area contributed by atoms with Gasteiger partial charge in [-0.25, -0.2) is 4.79 Å². The van der Waals surface area contributed by atoms with Gasteiger partial charge in [-0.1, -0.05) is 0 Å². The number of aliphatic hydroxyl groups excluding tert-OH is 4. The summed E-state index contributed by atoms with van der Waals surface area (Å²) in [5.41, 5.74) is 0. The topological polar surface area (TPSA) is 127 Å². The molecular weight excluding hydrogens is 208 g/mol. The number of aliphatic hydroxyl groups is 4. The zero-order chi connectivity index (χ0) is 11.6. The van der Waals surface area contributed by atoms with Gasteiger partial charge in [0.05, 0.1) is 6.61 Å². The van der Waals surface area contributed by atoms with Crippen LogP contribution in [-0.2, 0) is 9.53 Å². The van der Waals surface area contributed by atoms with Gasteiger partial charge in [0.15, 0.2) is 6.10 Å². The van der Waals surface area contributed by atoms with Gasteiger partial charge in [-0.05, 0) is 6.08 Å². The lowest BCUT2D eigenvalue weighted by Gasteiger charge is -2.32. The van der Waals surface area contributed by atoms with Crippen molar-refractivity contribution in [2.24, 2.45) is 0 Å². The molecule has 1 heterocycles. The van der Waals surface area contributed by atoms with Gasteiger partial charge < -0.3 is 30.3 Å². The highest BCUT2D eigenvalue weighted by molar-refractivity contribution is 5.84. The van der Waals surface area contributed by atoms with E-state index in [4.69, 9.17) is 14.9 Å². The van der Waals surface area contributed by atoms with Crippen LogP contribution in [-0.4, -0.2) is 62.5 Å². The molecule has 1 rings (SSSR count). The average Bonchev–Trinajstić information content (AvgIpc) is 2.20. The van der Waals surface area contributed by atoms with Crippen LogP contribution < -0.4 is 0 Å².